The number of para-hydroxylation sites is 6. The molecular weight excluding hydrogens is 422 g/mol. The third-order valence-corrected chi connectivity index (χ3v) is 6.21. The Kier molecular flexibility index (Phi) is 3.90. The molecule has 0 aliphatic carbocycles. The number of hydrogen-bond donors (Lipinski definition) is 1. The molecule has 6 nitrogen and oxygen atoms in total. The second-order valence-corrected chi connectivity index (χ2v) is 8.18. The number of rotatable bonds is 3. The first-order valence-electron chi connectivity index (χ1n) is 11.1. The summed E-state index contributed by atoms with van der Waals surface area (Å²) in [6.07, 6.45) is 7.38. The van der Waals surface area contributed by atoms with Gasteiger partial charge < -0.3 is 5.11 Å². The molecule has 34 heavy (non-hydrogen) atoms. The second kappa shape index (κ2) is 7.08. The maximum absolute atomic E-state index is 10.6. The lowest BCUT2D eigenvalue weighted by molar-refractivity contribution is -0.597. The van der Waals surface area contributed by atoms with Crippen LogP contribution in [0, 0.1) is 6.33 Å². The van der Waals surface area contributed by atoms with Crippen LogP contribution in [0.3, 0.4) is 0 Å². The van der Waals surface area contributed by atoms with Crippen molar-refractivity contribution in [1.29, 1.82) is 0 Å². The highest BCUT2D eigenvalue weighted by atomic mass is 16.3. The molecule has 6 heteroatoms. The van der Waals surface area contributed by atoms with Crippen LogP contribution in [-0.4, -0.2) is 23.6 Å². The second-order valence-electron chi connectivity index (χ2n) is 8.18. The Bertz CT molecular complexity index is 1820. The summed E-state index contributed by atoms with van der Waals surface area (Å²) in [5.41, 5.74) is 6.53. The van der Waals surface area contributed by atoms with E-state index < -0.39 is 0 Å². The summed E-state index contributed by atoms with van der Waals surface area (Å²) in [5.74, 6) is 0.953. The highest BCUT2D eigenvalue weighted by Gasteiger charge is 2.20. The van der Waals surface area contributed by atoms with Gasteiger partial charge in [0.25, 0.3) is 6.33 Å². The fourth-order valence-electron chi connectivity index (χ4n) is 4.68. The van der Waals surface area contributed by atoms with Crippen LogP contribution in [0.25, 0.3) is 44.9 Å². The lowest BCUT2D eigenvalue weighted by Crippen LogP contribution is -2.28. The largest absolute Gasteiger partial charge is 0.506 e. The molecule has 0 saturated heterocycles. The Morgan fingerprint density at radius 1 is 0.735 bits per heavy atom. The normalized spacial score (nSPS) is 11.6. The molecule has 0 spiro atoms. The number of nitrogens with zero attached hydrogens (tertiary/aromatic N) is 5. The molecule has 1 N–H and O–H groups in total. The van der Waals surface area contributed by atoms with Gasteiger partial charge in [0, 0.05) is 12.4 Å². The minimum absolute atomic E-state index is 0.209. The maximum Gasteiger partial charge on any atom is 0.268 e. The van der Waals surface area contributed by atoms with Gasteiger partial charge in [0.1, 0.15) is 11.3 Å². The predicted molar refractivity (Wildman–Crippen MR) is 131 cm³/mol. The molecule has 0 fully saturated rings. The van der Waals surface area contributed by atoms with Crippen molar-refractivity contribution >= 4 is 27.8 Å². The minimum Gasteiger partial charge on any atom is -0.506 e. The Morgan fingerprint density at radius 2 is 1.47 bits per heavy atom. The van der Waals surface area contributed by atoms with Gasteiger partial charge in [-0.1, -0.05) is 48.5 Å². The lowest BCUT2D eigenvalue weighted by atomic mass is 10.2. The van der Waals surface area contributed by atoms with E-state index in [1.54, 1.807) is 6.07 Å². The maximum atomic E-state index is 10.6. The summed E-state index contributed by atoms with van der Waals surface area (Å²) < 4.78 is 8.09. The minimum atomic E-state index is 0.209. The van der Waals surface area contributed by atoms with Crippen LogP contribution in [0.15, 0.2) is 109 Å². The average Bonchev–Trinajstić information content (AvgIpc) is 3.58. The highest BCUT2D eigenvalue weighted by molar-refractivity contribution is 5.94. The van der Waals surface area contributed by atoms with E-state index in [9.17, 15) is 5.11 Å². The van der Waals surface area contributed by atoms with Crippen molar-refractivity contribution in [3.8, 4) is 22.8 Å². The molecule has 0 atom stereocenters. The first-order valence-corrected chi connectivity index (χ1v) is 11.1. The number of fused-ring (bicyclic) bond motifs is 5. The van der Waals surface area contributed by atoms with Crippen molar-refractivity contribution in [1.82, 2.24) is 18.5 Å². The van der Waals surface area contributed by atoms with E-state index in [0.717, 1.165) is 39.2 Å². The number of phenolic OH excluding ortho intramolecular Hbond substituents is 1. The van der Waals surface area contributed by atoms with Crippen LogP contribution in [0.5, 0.6) is 5.75 Å². The van der Waals surface area contributed by atoms with Gasteiger partial charge in [0.05, 0.1) is 33.6 Å². The van der Waals surface area contributed by atoms with Crippen molar-refractivity contribution < 1.29 is 9.67 Å². The summed E-state index contributed by atoms with van der Waals surface area (Å²) in [6, 6.07) is 31.8. The first-order chi connectivity index (χ1) is 16.8. The van der Waals surface area contributed by atoms with Gasteiger partial charge in [-0.15, -0.1) is 0 Å². The molecule has 0 aliphatic rings. The molecular formula is C28H19N5O. The summed E-state index contributed by atoms with van der Waals surface area (Å²) in [5, 5.41) is 10.6. The fourth-order valence-corrected chi connectivity index (χ4v) is 4.68. The summed E-state index contributed by atoms with van der Waals surface area (Å²) in [7, 11) is 0. The number of aromatic hydroxyl groups is 1. The quantitative estimate of drug-likeness (QED) is 0.310. The van der Waals surface area contributed by atoms with Crippen LogP contribution < -0.4 is 4.57 Å². The average molecular weight is 441 g/mol. The Balaban J connectivity index is 1.52. The predicted octanol–water partition coefficient (Wildman–Crippen LogP) is 5.00. The van der Waals surface area contributed by atoms with E-state index in [2.05, 4.69) is 28.9 Å². The third-order valence-electron chi connectivity index (χ3n) is 6.21. The SMILES string of the molecule is Oc1ccccc1-n1c2ccccc2n2c3cccc(-[n+]4[c-]n(-c5ccccc5)cc4)c3nc12. The molecule has 0 bridgehead atoms. The first kappa shape index (κ1) is 18.7. The number of aromatic nitrogens is 5. The number of imidazole rings is 3. The molecule has 4 aromatic carbocycles. The summed E-state index contributed by atoms with van der Waals surface area (Å²) in [6.45, 7) is 0. The smallest absolute Gasteiger partial charge is 0.268 e. The molecule has 162 valence electrons. The van der Waals surface area contributed by atoms with Crippen molar-refractivity contribution in [2.75, 3.05) is 0 Å². The molecule has 7 aromatic rings. The Morgan fingerprint density at radius 3 is 2.32 bits per heavy atom. The molecule has 0 unspecified atom stereocenters. The van der Waals surface area contributed by atoms with Gasteiger partial charge in [-0.05, 0) is 48.5 Å². The molecule has 0 amide bonds. The molecule has 3 heterocycles. The summed E-state index contributed by atoms with van der Waals surface area (Å²) >= 11 is 0. The van der Waals surface area contributed by atoms with Crippen molar-refractivity contribution in [3.63, 3.8) is 0 Å². The zero-order valence-electron chi connectivity index (χ0n) is 18.1. The van der Waals surface area contributed by atoms with Crippen LogP contribution in [0.1, 0.15) is 0 Å². The van der Waals surface area contributed by atoms with E-state index >= 15 is 0 Å². The van der Waals surface area contributed by atoms with Gasteiger partial charge >= 0.3 is 0 Å². The van der Waals surface area contributed by atoms with Crippen LogP contribution in [0.2, 0.25) is 0 Å². The fraction of sp³-hybridized carbons (Fsp3) is 0. The topological polar surface area (TPSA) is 51.3 Å². The number of phenols is 1. The van der Waals surface area contributed by atoms with Crippen LogP contribution >= 0.6 is 0 Å². The van der Waals surface area contributed by atoms with Crippen LogP contribution in [-0.2, 0) is 0 Å². The third kappa shape index (κ3) is 2.62. The zero-order valence-corrected chi connectivity index (χ0v) is 18.1. The van der Waals surface area contributed by atoms with E-state index in [4.69, 9.17) is 4.98 Å². The van der Waals surface area contributed by atoms with E-state index in [1.807, 2.05) is 98.9 Å². The Labute approximate surface area is 194 Å². The molecule has 7 rings (SSSR count). The van der Waals surface area contributed by atoms with E-state index in [0.29, 0.717) is 5.69 Å². The van der Waals surface area contributed by atoms with Gasteiger partial charge in [0.2, 0.25) is 5.78 Å². The van der Waals surface area contributed by atoms with Crippen molar-refractivity contribution in [2.45, 2.75) is 0 Å². The molecule has 3 aromatic heterocycles. The van der Waals surface area contributed by atoms with Gasteiger partial charge in [0.15, 0.2) is 0 Å². The van der Waals surface area contributed by atoms with Crippen molar-refractivity contribution in [3.05, 3.63) is 116 Å². The Hall–Kier alpha value is -4.84. The van der Waals surface area contributed by atoms with E-state index in [-0.39, 0.29) is 5.75 Å². The monoisotopic (exact) mass is 441 g/mol. The molecule has 0 radical (unpaired) electrons. The zero-order chi connectivity index (χ0) is 22.6. The summed E-state index contributed by atoms with van der Waals surface area (Å²) in [4.78, 5) is 5.09. The number of benzene rings is 4. The number of hydrogen-bond acceptors (Lipinski definition) is 2. The van der Waals surface area contributed by atoms with Gasteiger partial charge in [-0.2, -0.15) is 0 Å². The molecule has 0 aliphatic heterocycles. The standard InChI is InChI=1S/C28H19N5O/c34-26-16-7-6-13-23(26)32-21-11-4-5-12-22(21)33-25-15-8-14-24(27(25)29-28(32)33)31-18-17-30(19-31)20-9-2-1-3-10-20/h1-18,34H. The van der Waals surface area contributed by atoms with Crippen molar-refractivity contribution in [2.24, 2.45) is 0 Å². The van der Waals surface area contributed by atoms with E-state index in [1.165, 1.54) is 0 Å². The van der Waals surface area contributed by atoms with Crippen LogP contribution in [0.4, 0.5) is 0 Å². The highest BCUT2D eigenvalue weighted by Crippen LogP contribution is 2.33. The van der Waals surface area contributed by atoms with Gasteiger partial charge in [-0.25, -0.2) is 4.98 Å². The van der Waals surface area contributed by atoms with Gasteiger partial charge in [-0.3, -0.25) is 18.1 Å². The molecule has 0 saturated carbocycles. The lowest BCUT2D eigenvalue weighted by Gasteiger charge is -2.07.